The molecule has 2 aromatic rings. The van der Waals surface area contributed by atoms with Crippen LogP contribution in [0.4, 0.5) is 10.1 Å². The highest BCUT2D eigenvalue weighted by molar-refractivity contribution is 5.51. The SMILES string of the molecule is COCCc1ccccc1NCc1cccc(F)c1. The third-order valence-corrected chi connectivity index (χ3v) is 2.96. The summed E-state index contributed by atoms with van der Waals surface area (Å²) in [5.74, 6) is -0.202. The summed E-state index contributed by atoms with van der Waals surface area (Å²) in [4.78, 5) is 0. The molecule has 0 aliphatic rings. The van der Waals surface area contributed by atoms with Gasteiger partial charge in [-0.05, 0) is 35.7 Å². The summed E-state index contributed by atoms with van der Waals surface area (Å²) in [5, 5.41) is 3.34. The van der Waals surface area contributed by atoms with E-state index in [0.717, 1.165) is 17.7 Å². The van der Waals surface area contributed by atoms with Crippen LogP contribution in [0.3, 0.4) is 0 Å². The molecule has 2 nitrogen and oxygen atoms in total. The summed E-state index contributed by atoms with van der Waals surface area (Å²) >= 11 is 0. The predicted molar refractivity (Wildman–Crippen MR) is 75.7 cm³/mol. The minimum absolute atomic E-state index is 0.202. The van der Waals surface area contributed by atoms with E-state index in [1.54, 1.807) is 19.2 Å². The van der Waals surface area contributed by atoms with Gasteiger partial charge in [0.15, 0.2) is 0 Å². The van der Waals surface area contributed by atoms with Crippen LogP contribution in [0.2, 0.25) is 0 Å². The standard InChI is InChI=1S/C16H18FNO/c1-19-10-9-14-6-2-3-8-16(14)18-12-13-5-4-7-15(17)11-13/h2-8,11,18H,9-10,12H2,1H3. The zero-order valence-electron chi connectivity index (χ0n) is 11.0. The summed E-state index contributed by atoms with van der Waals surface area (Å²) in [5.41, 5.74) is 3.21. The summed E-state index contributed by atoms with van der Waals surface area (Å²) in [6.45, 7) is 1.31. The maximum atomic E-state index is 13.1. The Kier molecular flexibility index (Phi) is 4.93. The molecule has 0 spiro atoms. The van der Waals surface area contributed by atoms with Gasteiger partial charge >= 0.3 is 0 Å². The topological polar surface area (TPSA) is 21.3 Å². The second-order valence-corrected chi connectivity index (χ2v) is 4.38. The second kappa shape index (κ2) is 6.90. The predicted octanol–water partition coefficient (Wildman–Crippen LogP) is 3.63. The van der Waals surface area contributed by atoms with Crippen LogP contribution >= 0.6 is 0 Å². The van der Waals surface area contributed by atoms with Gasteiger partial charge < -0.3 is 10.1 Å². The van der Waals surface area contributed by atoms with Crippen molar-refractivity contribution in [3.63, 3.8) is 0 Å². The van der Waals surface area contributed by atoms with E-state index in [1.807, 2.05) is 24.3 Å². The lowest BCUT2D eigenvalue weighted by Gasteiger charge is -2.12. The molecule has 0 aliphatic carbocycles. The van der Waals surface area contributed by atoms with Crippen molar-refractivity contribution in [1.82, 2.24) is 0 Å². The zero-order chi connectivity index (χ0) is 13.5. The number of anilines is 1. The summed E-state index contributed by atoms with van der Waals surface area (Å²) < 4.78 is 18.2. The minimum Gasteiger partial charge on any atom is -0.384 e. The van der Waals surface area contributed by atoms with Crippen LogP contribution in [-0.4, -0.2) is 13.7 Å². The van der Waals surface area contributed by atoms with Crippen molar-refractivity contribution in [2.75, 3.05) is 19.0 Å². The minimum atomic E-state index is -0.202. The second-order valence-electron chi connectivity index (χ2n) is 4.38. The lowest BCUT2D eigenvalue weighted by atomic mass is 10.1. The first-order chi connectivity index (χ1) is 9.29. The average Bonchev–Trinajstić information content (AvgIpc) is 2.44. The number of hydrogen-bond acceptors (Lipinski definition) is 2. The molecule has 0 fully saturated rings. The molecule has 0 saturated carbocycles. The molecule has 2 rings (SSSR count). The van der Waals surface area contributed by atoms with Crippen molar-refractivity contribution in [3.05, 3.63) is 65.5 Å². The lowest BCUT2D eigenvalue weighted by molar-refractivity contribution is 0.202. The van der Waals surface area contributed by atoms with Gasteiger partial charge in [0.05, 0.1) is 6.61 Å². The van der Waals surface area contributed by atoms with Crippen LogP contribution in [0.15, 0.2) is 48.5 Å². The quantitative estimate of drug-likeness (QED) is 0.855. The molecule has 3 heteroatoms. The molecule has 0 radical (unpaired) electrons. The van der Waals surface area contributed by atoms with Gasteiger partial charge in [-0.1, -0.05) is 30.3 Å². The van der Waals surface area contributed by atoms with Crippen molar-refractivity contribution >= 4 is 5.69 Å². The Morgan fingerprint density at radius 2 is 1.95 bits per heavy atom. The molecular formula is C16H18FNO. The number of methoxy groups -OCH3 is 1. The summed E-state index contributed by atoms with van der Waals surface area (Å²) in [6.07, 6.45) is 0.864. The Bertz CT molecular complexity index is 528. The maximum absolute atomic E-state index is 13.1. The lowest BCUT2D eigenvalue weighted by Crippen LogP contribution is -2.04. The van der Waals surface area contributed by atoms with E-state index in [0.29, 0.717) is 13.2 Å². The Hall–Kier alpha value is -1.87. The Morgan fingerprint density at radius 3 is 2.74 bits per heavy atom. The molecule has 100 valence electrons. The van der Waals surface area contributed by atoms with Gasteiger partial charge in [-0.3, -0.25) is 0 Å². The Balaban J connectivity index is 2.02. The molecule has 0 aromatic heterocycles. The zero-order valence-corrected chi connectivity index (χ0v) is 11.0. The monoisotopic (exact) mass is 259 g/mol. The number of rotatable bonds is 6. The van der Waals surface area contributed by atoms with E-state index in [2.05, 4.69) is 11.4 Å². The van der Waals surface area contributed by atoms with E-state index < -0.39 is 0 Å². The van der Waals surface area contributed by atoms with Gasteiger partial charge in [0.1, 0.15) is 5.82 Å². The van der Waals surface area contributed by atoms with Crippen molar-refractivity contribution in [2.45, 2.75) is 13.0 Å². The third-order valence-electron chi connectivity index (χ3n) is 2.96. The normalized spacial score (nSPS) is 10.4. The molecule has 19 heavy (non-hydrogen) atoms. The molecule has 0 saturated heterocycles. The van der Waals surface area contributed by atoms with Crippen molar-refractivity contribution in [1.29, 1.82) is 0 Å². The number of halogens is 1. The summed E-state index contributed by atoms with van der Waals surface area (Å²) in [6, 6.07) is 14.7. The molecule has 0 bridgehead atoms. The maximum Gasteiger partial charge on any atom is 0.123 e. The number of ether oxygens (including phenoxy) is 1. The number of benzene rings is 2. The van der Waals surface area contributed by atoms with Crippen LogP contribution in [0.5, 0.6) is 0 Å². The highest BCUT2D eigenvalue weighted by atomic mass is 19.1. The fourth-order valence-electron chi connectivity index (χ4n) is 1.97. The van der Waals surface area contributed by atoms with E-state index in [1.165, 1.54) is 11.6 Å². The molecular weight excluding hydrogens is 241 g/mol. The van der Waals surface area contributed by atoms with Gasteiger partial charge in [-0.15, -0.1) is 0 Å². The largest absolute Gasteiger partial charge is 0.384 e. The van der Waals surface area contributed by atoms with Crippen LogP contribution in [0, 0.1) is 5.82 Å². The van der Waals surface area contributed by atoms with Crippen LogP contribution in [0.25, 0.3) is 0 Å². The van der Waals surface area contributed by atoms with Crippen LogP contribution < -0.4 is 5.32 Å². The molecule has 0 atom stereocenters. The van der Waals surface area contributed by atoms with Crippen LogP contribution in [-0.2, 0) is 17.7 Å². The fourth-order valence-corrected chi connectivity index (χ4v) is 1.97. The van der Waals surface area contributed by atoms with Gasteiger partial charge in [-0.25, -0.2) is 4.39 Å². The number of hydrogen-bond donors (Lipinski definition) is 1. The summed E-state index contributed by atoms with van der Waals surface area (Å²) in [7, 11) is 1.70. The van der Waals surface area contributed by atoms with E-state index in [9.17, 15) is 4.39 Å². The number of nitrogens with one attached hydrogen (secondary N) is 1. The van der Waals surface area contributed by atoms with Crippen molar-refractivity contribution < 1.29 is 9.13 Å². The van der Waals surface area contributed by atoms with Gasteiger partial charge in [0.25, 0.3) is 0 Å². The first kappa shape index (κ1) is 13.6. The van der Waals surface area contributed by atoms with Crippen LogP contribution in [0.1, 0.15) is 11.1 Å². The van der Waals surface area contributed by atoms with Gasteiger partial charge in [0.2, 0.25) is 0 Å². The van der Waals surface area contributed by atoms with Crippen molar-refractivity contribution in [2.24, 2.45) is 0 Å². The molecule has 0 unspecified atom stereocenters. The molecule has 1 N–H and O–H groups in total. The Morgan fingerprint density at radius 1 is 1.11 bits per heavy atom. The average molecular weight is 259 g/mol. The molecule has 0 heterocycles. The van der Waals surface area contributed by atoms with Gasteiger partial charge in [-0.2, -0.15) is 0 Å². The smallest absolute Gasteiger partial charge is 0.123 e. The van der Waals surface area contributed by atoms with E-state index >= 15 is 0 Å². The first-order valence-corrected chi connectivity index (χ1v) is 6.35. The highest BCUT2D eigenvalue weighted by Gasteiger charge is 2.02. The fraction of sp³-hybridized carbons (Fsp3) is 0.250. The molecule has 0 aliphatic heterocycles. The van der Waals surface area contributed by atoms with E-state index in [-0.39, 0.29) is 5.82 Å². The Labute approximate surface area is 113 Å². The molecule has 2 aromatic carbocycles. The van der Waals surface area contributed by atoms with Crippen molar-refractivity contribution in [3.8, 4) is 0 Å². The molecule has 0 amide bonds. The number of para-hydroxylation sites is 1. The van der Waals surface area contributed by atoms with E-state index in [4.69, 9.17) is 4.74 Å². The third kappa shape index (κ3) is 4.07. The highest BCUT2D eigenvalue weighted by Crippen LogP contribution is 2.17. The van der Waals surface area contributed by atoms with Gasteiger partial charge in [0, 0.05) is 19.3 Å². The first-order valence-electron chi connectivity index (χ1n) is 6.35.